The van der Waals surface area contributed by atoms with Gasteiger partial charge < -0.3 is 5.32 Å². The highest BCUT2D eigenvalue weighted by Crippen LogP contribution is 2.35. The minimum atomic E-state index is -2.82. The zero-order chi connectivity index (χ0) is 13.0. The summed E-state index contributed by atoms with van der Waals surface area (Å²) in [6.07, 6.45) is 8.26. The average molecular weight is 274 g/mol. The molecule has 0 radical (unpaired) electrons. The monoisotopic (exact) mass is 274 g/mol. The van der Waals surface area contributed by atoms with Crippen LogP contribution >= 0.6 is 0 Å². The van der Waals surface area contributed by atoms with Crippen LogP contribution in [0.2, 0.25) is 0 Å². The van der Waals surface area contributed by atoms with E-state index < -0.39 is 9.84 Å². The second-order valence-corrected chi connectivity index (χ2v) is 8.08. The summed E-state index contributed by atoms with van der Waals surface area (Å²) in [4.78, 5) is 2.61. The number of fused-ring (bicyclic) bond motifs is 1. The zero-order valence-corrected chi connectivity index (χ0v) is 12.2. The second-order valence-electron chi connectivity index (χ2n) is 5.82. The van der Waals surface area contributed by atoms with Crippen molar-refractivity contribution >= 4 is 9.84 Å². The van der Waals surface area contributed by atoms with E-state index >= 15 is 0 Å². The molecule has 2 fully saturated rings. The Kier molecular flexibility index (Phi) is 5.04. The molecule has 2 unspecified atom stereocenters. The fourth-order valence-corrected chi connectivity index (χ4v) is 3.90. The van der Waals surface area contributed by atoms with Crippen molar-refractivity contribution in [3.8, 4) is 0 Å². The van der Waals surface area contributed by atoms with Crippen LogP contribution < -0.4 is 5.32 Å². The first-order chi connectivity index (χ1) is 8.56. The molecule has 0 aromatic rings. The van der Waals surface area contributed by atoms with Gasteiger partial charge in [-0.1, -0.05) is 12.8 Å². The van der Waals surface area contributed by atoms with Gasteiger partial charge in [-0.3, -0.25) is 4.90 Å². The minimum absolute atomic E-state index is 0.249. The summed E-state index contributed by atoms with van der Waals surface area (Å²) >= 11 is 0. The highest BCUT2D eigenvalue weighted by atomic mass is 32.2. The average Bonchev–Trinajstić information content (AvgIpc) is 2.71. The molecule has 1 heterocycles. The number of rotatable bonds is 6. The predicted molar refractivity (Wildman–Crippen MR) is 74.5 cm³/mol. The number of hydrogen-bond acceptors (Lipinski definition) is 4. The van der Waals surface area contributed by atoms with Gasteiger partial charge in [-0.2, -0.15) is 0 Å². The Balaban J connectivity index is 1.62. The van der Waals surface area contributed by atoms with Gasteiger partial charge in [0.2, 0.25) is 0 Å². The van der Waals surface area contributed by atoms with Crippen molar-refractivity contribution in [1.82, 2.24) is 10.2 Å². The molecule has 1 saturated carbocycles. The van der Waals surface area contributed by atoms with Crippen molar-refractivity contribution in [2.24, 2.45) is 5.92 Å². The normalized spacial score (nSPS) is 29.4. The summed E-state index contributed by atoms with van der Waals surface area (Å²) in [5.41, 5.74) is 0. The molecule has 4 nitrogen and oxygen atoms in total. The van der Waals surface area contributed by atoms with Crippen LogP contribution in [-0.4, -0.2) is 57.5 Å². The topological polar surface area (TPSA) is 49.4 Å². The van der Waals surface area contributed by atoms with Gasteiger partial charge in [0.15, 0.2) is 0 Å². The van der Waals surface area contributed by atoms with E-state index in [0.29, 0.717) is 6.54 Å². The highest BCUT2D eigenvalue weighted by molar-refractivity contribution is 7.90. The fraction of sp³-hybridized carbons (Fsp3) is 1.00. The van der Waals surface area contributed by atoms with Gasteiger partial charge in [0.05, 0.1) is 5.75 Å². The third-order valence-corrected chi connectivity index (χ3v) is 5.30. The van der Waals surface area contributed by atoms with Crippen molar-refractivity contribution in [1.29, 1.82) is 0 Å². The number of likely N-dealkylation sites (tertiary alicyclic amines) is 1. The molecular weight excluding hydrogens is 248 g/mol. The van der Waals surface area contributed by atoms with E-state index in [4.69, 9.17) is 0 Å². The second kappa shape index (κ2) is 6.35. The molecule has 2 rings (SSSR count). The van der Waals surface area contributed by atoms with Crippen molar-refractivity contribution < 1.29 is 8.42 Å². The molecule has 0 bridgehead atoms. The Bertz CT molecular complexity index is 356. The smallest absolute Gasteiger partial charge is 0.148 e. The van der Waals surface area contributed by atoms with Gasteiger partial charge in [-0.05, 0) is 31.7 Å². The van der Waals surface area contributed by atoms with Crippen LogP contribution in [0.3, 0.4) is 0 Å². The molecule has 1 aliphatic heterocycles. The van der Waals surface area contributed by atoms with Crippen molar-refractivity contribution in [3.05, 3.63) is 0 Å². The summed E-state index contributed by atoms with van der Waals surface area (Å²) in [6, 6.07) is 0.815. The zero-order valence-electron chi connectivity index (χ0n) is 11.4. The molecule has 1 saturated heterocycles. The van der Waals surface area contributed by atoms with E-state index in [1.807, 2.05) is 0 Å². The van der Waals surface area contributed by atoms with E-state index in [9.17, 15) is 8.42 Å². The van der Waals surface area contributed by atoms with E-state index in [2.05, 4.69) is 10.2 Å². The number of sulfone groups is 1. The molecule has 0 amide bonds. The molecule has 0 spiro atoms. The number of nitrogens with zero attached hydrogens (tertiary/aromatic N) is 1. The molecule has 2 atom stereocenters. The van der Waals surface area contributed by atoms with Gasteiger partial charge in [0.1, 0.15) is 9.84 Å². The molecule has 1 aliphatic carbocycles. The highest BCUT2D eigenvalue weighted by Gasteiger charge is 2.34. The van der Waals surface area contributed by atoms with Crippen LogP contribution in [0, 0.1) is 5.92 Å². The molecule has 0 aromatic heterocycles. The summed E-state index contributed by atoms with van der Waals surface area (Å²) < 4.78 is 22.0. The van der Waals surface area contributed by atoms with Crippen LogP contribution in [0.15, 0.2) is 0 Å². The Morgan fingerprint density at radius 3 is 2.72 bits per heavy atom. The van der Waals surface area contributed by atoms with Gasteiger partial charge >= 0.3 is 0 Å². The molecule has 1 N–H and O–H groups in total. The third kappa shape index (κ3) is 4.21. The molecule has 0 aromatic carbocycles. The van der Waals surface area contributed by atoms with E-state index in [1.54, 1.807) is 0 Å². The number of nitrogens with one attached hydrogen (secondary N) is 1. The Morgan fingerprint density at radius 2 is 1.94 bits per heavy atom. The van der Waals surface area contributed by atoms with Gasteiger partial charge in [0, 0.05) is 31.9 Å². The van der Waals surface area contributed by atoms with Crippen molar-refractivity contribution in [2.45, 2.75) is 38.1 Å². The van der Waals surface area contributed by atoms with E-state index in [0.717, 1.165) is 25.0 Å². The lowest BCUT2D eigenvalue weighted by atomic mass is 9.85. The van der Waals surface area contributed by atoms with Crippen LogP contribution in [0.25, 0.3) is 0 Å². The number of hydrogen-bond donors (Lipinski definition) is 1. The first-order valence-electron chi connectivity index (χ1n) is 7.19. The third-order valence-electron chi connectivity index (χ3n) is 4.35. The molecule has 5 heteroatoms. The maximum absolute atomic E-state index is 11.0. The SMILES string of the molecule is CS(=O)(=O)CCNCCN1CCC2CCCCC21. The lowest BCUT2D eigenvalue weighted by molar-refractivity contribution is 0.183. The minimum Gasteiger partial charge on any atom is -0.314 e. The largest absolute Gasteiger partial charge is 0.314 e. The van der Waals surface area contributed by atoms with Gasteiger partial charge in [-0.15, -0.1) is 0 Å². The van der Waals surface area contributed by atoms with E-state index in [1.165, 1.54) is 44.9 Å². The first-order valence-corrected chi connectivity index (χ1v) is 9.25. The van der Waals surface area contributed by atoms with Crippen LogP contribution in [0.5, 0.6) is 0 Å². The maximum atomic E-state index is 11.0. The quantitative estimate of drug-likeness (QED) is 0.731. The standard InChI is InChI=1S/C13H26N2O2S/c1-18(16,17)11-8-14-7-10-15-9-6-12-4-2-3-5-13(12)15/h12-14H,2-11H2,1H3. The lowest BCUT2D eigenvalue weighted by Gasteiger charge is -2.31. The first kappa shape index (κ1) is 14.3. The summed E-state index contributed by atoms with van der Waals surface area (Å²) in [5, 5.41) is 3.24. The van der Waals surface area contributed by atoms with Crippen LogP contribution in [0.4, 0.5) is 0 Å². The van der Waals surface area contributed by atoms with Crippen LogP contribution in [0.1, 0.15) is 32.1 Å². The molecule has 18 heavy (non-hydrogen) atoms. The Morgan fingerprint density at radius 1 is 1.17 bits per heavy atom. The Hall–Kier alpha value is -0.130. The van der Waals surface area contributed by atoms with Crippen LogP contribution in [-0.2, 0) is 9.84 Å². The van der Waals surface area contributed by atoms with Crippen molar-refractivity contribution in [3.63, 3.8) is 0 Å². The van der Waals surface area contributed by atoms with Gasteiger partial charge in [-0.25, -0.2) is 8.42 Å². The fourth-order valence-electron chi connectivity index (χ4n) is 3.39. The lowest BCUT2D eigenvalue weighted by Crippen LogP contribution is -2.39. The summed E-state index contributed by atoms with van der Waals surface area (Å²) in [6.45, 7) is 3.81. The van der Waals surface area contributed by atoms with Gasteiger partial charge in [0.25, 0.3) is 0 Å². The predicted octanol–water partition coefficient (Wildman–Crippen LogP) is 0.885. The summed E-state index contributed by atoms with van der Waals surface area (Å²) in [5.74, 6) is 1.19. The maximum Gasteiger partial charge on any atom is 0.148 e. The Labute approximate surface area is 111 Å². The van der Waals surface area contributed by atoms with Crippen molar-refractivity contribution in [2.75, 3.05) is 38.2 Å². The molecule has 106 valence electrons. The molecular formula is C13H26N2O2S. The summed E-state index contributed by atoms with van der Waals surface area (Å²) in [7, 11) is -2.82. The molecule has 2 aliphatic rings. The van der Waals surface area contributed by atoms with E-state index in [-0.39, 0.29) is 5.75 Å².